The smallest absolute Gasteiger partial charge is 0.167 e. The summed E-state index contributed by atoms with van der Waals surface area (Å²) >= 11 is 0. The first-order valence-electron chi connectivity index (χ1n) is 10.6. The van der Waals surface area contributed by atoms with Gasteiger partial charge >= 0.3 is 0 Å². The SMILES string of the molecule is O=C1CC(C=Cc2ccc(F)cc2)Cc2[nH]c(-c3ccncc3)c(Nc3ccccc3)c21. The molecule has 2 aromatic heterocycles. The summed E-state index contributed by atoms with van der Waals surface area (Å²) in [6, 6.07) is 20.1. The lowest BCUT2D eigenvalue weighted by Crippen LogP contribution is -2.18. The number of Topliss-reactive ketones (excluding diaryl/α,β-unsaturated/α-hetero) is 1. The molecule has 1 unspecified atom stereocenters. The molecule has 1 aliphatic carbocycles. The highest BCUT2D eigenvalue weighted by Crippen LogP contribution is 2.40. The average Bonchev–Trinajstić information content (AvgIpc) is 3.18. The van der Waals surface area contributed by atoms with Gasteiger partial charge in [-0.2, -0.15) is 0 Å². The molecule has 5 heteroatoms. The number of halogens is 1. The molecule has 32 heavy (non-hydrogen) atoms. The van der Waals surface area contributed by atoms with Crippen LogP contribution in [-0.2, 0) is 6.42 Å². The number of hydrogen-bond acceptors (Lipinski definition) is 3. The van der Waals surface area contributed by atoms with Crippen LogP contribution in [0.5, 0.6) is 0 Å². The van der Waals surface area contributed by atoms with Gasteiger partial charge in [-0.25, -0.2) is 4.39 Å². The van der Waals surface area contributed by atoms with E-state index >= 15 is 0 Å². The number of nitrogens with zero attached hydrogens (tertiary/aromatic N) is 1. The molecule has 2 aromatic carbocycles. The van der Waals surface area contributed by atoms with Gasteiger partial charge in [0.25, 0.3) is 0 Å². The van der Waals surface area contributed by atoms with Crippen LogP contribution in [0.2, 0.25) is 0 Å². The number of rotatable bonds is 5. The lowest BCUT2D eigenvalue weighted by Gasteiger charge is -2.19. The number of benzene rings is 2. The molecule has 4 nitrogen and oxygen atoms in total. The molecule has 0 radical (unpaired) electrons. The summed E-state index contributed by atoms with van der Waals surface area (Å²) in [5.74, 6) is -0.0725. The van der Waals surface area contributed by atoms with E-state index < -0.39 is 0 Å². The molecule has 0 fully saturated rings. The van der Waals surface area contributed by atoms with Crippen molar-refractivity contribution in [1.29, 1.82) is 0 Å². The number of anilines is 2. The molecule has 2 heterocycles. The first kappa shape index (κ1) is 19.9. The highest BCUT2D eigenvalue weighted by Gasteiger charge is 2.30. The number of nitrogens with one attached hydrogen (secondary N) is 2. The van der Waals surface area contributed by atoms with Gasteiger partial charge in [0.05, 0.1) is 16.9 Å². The fourth-order valence-corrected chi connectivity index (χ4v) is 4.17. The molecule has 5 rings (SSSR count). The van der Waals surface area contributed by atoms with Gasteiger partial charge in [-0.1, -0.05) is 42.5 Å². The van der Waals surface area contributed by atoms with Crippen molar-refractivity contribution in [3.05, 3.63) is 108 Å². The standard InChI is InChI=1S/C27H22FN3O/c28-21-10-8-18(9-11-21)6-7-19-16-23-25(24(32)17-19)27(30-22-4-2-1-3-5-22)26(31-23)20-12-14-29-15-13-20/h1-15,19,30-31H,16-17H2. The zero-order chi connectivity index (χ0) is 21.9. The highest BCUT2D eigenvalue weighted by molar-refractivity contribution is 6.07. The average molecular weight is 423 g/mol. The van der Waals surface area contributed by atoms with E-state index in [-0.39, 0.29) is 17.5 Å². The van der Waals surface area contributed by atoms with E-state index in [1.54, 1.807) is 24.5 Å². The van der Waals surface area contributed by atoms with Crippen molar-refractivity contribution >= 4 is 23.2 Å². The third-order valence-electron chi connectivity index (χ3n) is 5.71. The Hall–Kier alpha value is -3.99. The number of carbonyl (C=O) groups excluding carboxylic acids is 1. The van der Waals surface area contributed by atoms with Crippen LogP contribution in [0, 0.1) is 11.7 Å². The number of pyridine rings is 1. The monoisotopic (exact) mass is 423 g/mol. The third kappa shape index (κ3) is 4.10. The maximum Gasteiger partial charge on any atom is 0.167 e. The van der Waals surface area contributed by atoms with Crippen LogP contribution in [0.15, 0.2) is 85.2 Å². The first-order valence-corrected chi connectivity index (χ1v) is 10.6. The maximum absolute atomic E-state index is 13.3. The second-order valence-electron chi connectivity index (χ2n) is 7.96. The van der Waals surface area contributed by atoms with Crippen molar-refractivity contribution in [3.8, 4) is 11.3 Å². The number of para-hydroxylation sites is 1. The van der Waals surface area contributed by atoms with Crippen LogP contribution in [-0.4, -0.2) is 15.8 Å². The fraction of sp³-hybridized carbons (Fsp3) is 0.111. The van der Waals surface area contributed by atoms with Gasteiger partial charge in [0.1, 0.15) is 5.82 Å². The van der Waals surface area contributed by atoms with E-state index in [0.29, 0.717) is 6.42 Å². The Morgan fingerprint density at radius 1 is 0.969 bits per heavy atom. The quantitative estimate of drug-likeness (QED) is 0.389. The molecule has 158 valence electrons. The van der Waals surface area contributed by atoms with Crippen LogP contribution in [0.25, 0.3) is 17.3 Å². The lowest BCUT2D eigenvalue weighted by molar-refractivity contribution is 0.0960. The zero-order valence-electron chi connectivity index (χ0n) is 17.4. The third-order valence-corrected chi connectivity index (χ3v) is 5.71. The van der Waals surface area contributed by atoms with E-state index in [9.17, 15) is 9.18 Å². The number of fused-ring (bicyclic) bond motifs is 1. The summed E-state index contributed by atoms with van der Waals surface area (Å²) in [5.41, 5.74) is 6.17. The van der Waals surface area contributed by atoms with Gasteiger partial charge in [0.2, 0.25) is 0 Å². The van der Waals surface area contributed by atoms with Crippen molar-refractivity contribution < 1.29 is 9.18 Å². The van der Waals surface area contributed by atoms with E-state index in [0.717, 1.165) is 45.9 Å². The second-order valence-corrected chi connectivity index (χ2v) is 7.96. The minimum absolute atomic E-state index is 0.0774. The van der Waals surface area contributed by atoms with E-state index in [2.05, 4.69) is 15.3 Å². The number of aromatic amines is 1. The number of H-pyrrole nitrogens is 1. The van der Waals surface area contributed by atoms with Crippen molar-refractivity contribution in [2.24, 2.45) is 5.92 Å². The molecular weight excluding hydrogens is 401 g/mol. The predicted molar refractivity (Wildman–Crippen MR) is 125 cm³/mol. The largest absolute Gasteiger partial charge is 0.356 e. The lowest BCUT2D eigenvalue weighted by atomic mass is 9.85. The fourth-order valence-electron chi connectivity index (χ4n) is 4.17. The van der Waals surface area contributed by atoms with Crippen molar-refractivity contribution in [1.82, 2.24) is 9.97 Å². The summed E-state index contributed by atoms with van der Waals surface area (Å²) in [4.78, 5) is 20.9. The van der Waals surface area contributed by atoms with E-state index in [1.807, 2.05) is 54.6 Å². The molecular formula is C27H22FN3O. The summed E-state index contributed by atoms with van der Waals surface area (Å²) in [6.45, 7) is 0. The van der Waals surface area contributed by atoms with Gasteiger partial charge in [0.15, 0.2) is 5.78 Å². The van der Waals surface area contributed by atoms with Gasteiger partial charge in [-0.05, 0) is 54.3 Å². The Balaban J connectivity index is 1.50. The van der Waals surface area contributed by atoms with E-state index in [4.69, 9.17) is 0 Å². The summed E-state index contributed by atoms with van der Waals surface area (Å²) in [5, 5.41) is 3.46. The minimum Gasteiger partial charge on any atom is -0.356 e. The molecule has 0 saturated carbocycles. The van der Waals surface area contributed by atoms with Gasteiger partial charge in [-0.3, -0.25) is 9.78 Å². The first-order chi connectivity index (χ1) is 15.7. The van der Waals surface area contributed by atoms with E-state index in [1.165, 1.54) is 12.1 Å². The summed E-state index contributed by atoms with van der Waals surface area (Å²) in [7, 11) is 0. The molecule has 0 amide bonds. The predicted octanol–water partition coefficient (Wildman–Crippen LogP) is 6.42. The Labute approximate surface area is 185 Å². The van der Waals surface area contributed by atoms with Gasteiger partial charge in [0, 0.05) is 35.8 Å². The minimum atomic E-state index is -0.256. The topological polar surface area (TPSA) is 57.8 Å². The van der Waals surface area contributed by atoms with Crippen molar-refractivity contribution in [2.45, 2.75) is 12.8 Å². The zero-order valence-corrected chi connectivity index (χ0v) is 17.4. The van der Waals surface area contributed by atoms with Gasteiger partial charge < -0.3 is 10.3 Å². The molecule has 4 aromatic rings. The second kappa shape index (κ2) is 8.63. The molecule has 0 bridgehead atoms. The molecule has 2 N–H and O–H groups in total. The molecule has 0 aliphatic heterocycles. The van der Waals surface area contributed by atoms with Crippen LogP contribution in [0.1, 0.15) is 28.0 Å². The number of allylic oxidation sites excluding steroid dienone is 1. The Morgan fingerprint density at radius 3 is 2.47 bits per heavy atom. The van der Waals surface area contributed by atoms with Crippen molar-refractivity contribution in [2.75, 3.05) is 5.32 Å². The number of ketones is 1. The molecule has 0 spiro atoms. The van der Waals surface area contributed by atoms with Crippen LogP contribution >= 0.6 is 0 Å². The van der Waals surface area contributed by atoms with Crippen LogP contribution in [0.3, 0.4) is 0 Å². The number of hydrogen-bond donors (Lipinski definition) is 2. The number of aromatic nitrogens is 2. The summed E-state index contributed by atoms with van der Waals surface area (Å²) < 4.78 is 13.2. The highest BCUT2D eigenvalue weighted by atomic mass is 19.1. The summed E-state index contributed by atoms with van der Waals surface area (Å²) in [6.07, 6.45) is 8.66. The normalized spacial score (nSPS) is 15.7. The van der Waals surface area contributed by atoms with Crippen molar-refractivity contribution in [3.63, 3.8) is 0 Å². The molecule has 1 atom stereocenters. The molecule has 1 aliphatic rings. The Morgan fingerprint density at radius 2 is 1.72 bits per heavy atom. The Bertz CT molecular complexity index is 1260. The van der Waals surface area contributed by atoms with Crippen LogP contribution in [0.4, 0.5) is 15.8 Å². The molecule has 0 saturated heterocycles. The van der Waals surface area contributed by atoms with Gasteiger partial charge in [-0.15, -0.1) is 0 Å². The van der Waals surface area contributed by atoms with Crippen LogP contribution < -0.4 is 5.32 Å². The number of carbonyl (C=O) groups is 1. The Kier molecular flexibility index (Phi) is 5.38. The maximum atomic E-state index is 13.3.